The van der Waals surface area contributed by atoms with Crippen molar-refractivity contribution in [1.29, 1.82) is 0 Å². The standard InChI is InChI=1S/C11H17NO2/c1-3-5-6-8-14-11-9-10(13)12(11)7-4-2/h3-4,11H,1-2,5-9H2. The second-order valence-electron chi connectivity index (χ2n) is 3.30. The summed E-state index contributed by atoms with van der Waals surface area (Å²) in [5, 5.41) is 0. The Bertz CT molecular complexity index is 225. The molecule has 3 heteroatoms. The van der Waals surface area contributed by atoms with Crippen LogP contribution in [0.2, 0.25) is 0 Å². The van der Waals surface area contributed by atoms with Crippen LogP contribution in [0.3, 0.4) is 0 Å². The van der Waals surface area contributed by atoms with Gasteiger partial charge in [0.05, 0.1) is 6.42 Å². The molecular weight excluding hydrogens is 178 g/mol. The maximum atomic E-state index is 11.1. The minimum Gasteiger partial charge on any atom is -0.358 e. The van der Waals surface area contributed by atoms with E-state index in [1.54, 1.807) is 11.0 Å². The highest BCUT2D eigenvalue weighted by atomic mass is 16.5. The van der Waals surface area contributed by atoms with E-state index in [1.165, 1.54) is 0 Å². The third kappa shape index (κ3) is 2.70. The lowest BCUT2D eigenvalue weighted by atomic mass is 10.1. The summed E-state index contributed by atoms with van der Waals surface area (Å²) in [5.74, 6) is 0.152. The highest BCUT2D eigenvalue weighted by Crippen LogP contribution is 2.20. The van der Waals surface area contributed by atoms with E-state index < -0.39 is 0 Å². The summed E-state index contributed by atoms with van der Waals surface area (Å²) in [4.78, 5) is 12.8. The monoisotopic (exact) mass is 195 g/mol. The number of hydrogen-bond acceptors (Lipinski definition) is 2. The summed E-state index contributed by atoms with van der Waals surface area (Å²) in [6.07, 6.45) is 6.01. The van der Waals surface area contributed by atoms with Crippen LogP contribution < -0.4 is 0 Å². The molecule has 1 aliphatic heterocycles. The van der Waals surface area contributed by atoms with Gasteiger partial charge in [-0.15, -0.1) is 13.2 Å². The van der Waals surface area contributed by atoms with Crippen LogP contribution in [0.15, 0.2) is 25.3 Å². The first-order valence-corrected chi connectivity index (χ1v) is 4.92. The third-order valence-corrected chi connectivity index (χ3v) is 2.21. The Kier molecular flexibility index (Phi) is 4.40. The number of unbranched alkanes of at least 4 members (excludes halogenated alkanes) is 1. The maximum absolute atomic E-state index is 11.1. The van der Waals surface area contributed by atoms with Crippen LogP contribution in [0.4, 0.5) is 0 Å². The second-order valence-corrected chi connectivity index (χ2v) is 3.30. The van der Waals surface area contributed by atoms with E-state index in [0.717, 1.165) is 12.8 Å². The van der Waals surface area contributed by atoms with E-state index in [4.69, 9.17) is 4.74 Å². The first-order chi connectivity index (χ1) is 6.79. The molecule has 1 heterocycles. The van der Waals surface area contributed by atoms with E-state index in [1.807, 2.05) is 6.08 Å². The largest absolute Gasteiger partial charge is 0.358 e. The van der Waals surface area contributed by atoms with E-state index in [0.29, 0.717) is 19.6 Å². The molecule has 1 unspecified atom stereocenters. The Hall–Kier alpha value is -1.09. The van der Waals surface area contributed by atoms with Gasteiger partial charge in [-0.3, -0.25) is 4.79 Å². The fourth-order valence-electron chi connectivity index (χ4n) is 1.38. The topological polar surface area (TPSA) is 29.5 Å². The second kappa shape index (κ2) is 5.60. The van der Waals surface area contributed by atoms with Crippen LogP contribution in [-0.4, -0.2) is 30.2 Å². The Morgan fingerprint density at radius 1 is 1.50 bits per heavy atom. The molecule has 0 spiro atoms. The van der Waals surface area contributed by atoms with Crippen LogP contribution >= 0.6 is 0 Å². The average molecular weight is 195 g/mol. The van der Waals surface area contributed by atoms with Gasteiger partial charge in [0.25, 0.3) is 0 Å². The molecule has 1 amide bonds. The number of amides is 1. The van der Waals surface area contributed by atoms with E-state index in [9.17, 15) is 4.79 Å². The van der Waals surface area contributed by atoms with Crippen molar-refractivity contribution < 1.29 is 9.53 Å². The van der Waals surface area contributed by atoms with E-state index in [2.05, 4.69) is 13.2 Å². The summed E-state index contributed by atoms with van der Waals surface area (Å²) in [6, 6.07) is 0. The minimum atomic E-state index is -0.0229. The lowest BCUT2D eigenvalue weighted by Gasteiger charge is -2.39. The van der Waals surface area contributed by atoms with Crippen molar-refractivity contribution in [2.45, 2.75) is 25.5 Å². The number of carbonyl (C=O) groups excluding carboxylic acids is 1. The van der Waals surface area contributed by atoms with Gasteiger partial charge in [0.2, 0.25) is 5.91 Å². The summed E-state index contributed by atoms with van der Waals surface area (Å²) in [5.41, 5.74) is 0. The molecule has 1 saturated heterocycles. The van der Waals surface area contributed by atoms with Crippen molar-refractivity contribution in [2.75, 3.05) is 13.2 Å². The predicted octanol–water partition coefficient (Wildman–Crippen LogP) is 1.71. The Morgan fingerprint density at radius 2 is 2.29 bits per heavy atom. The van der Waals surface area contributed by atoms with Crippen molar-refractivity contribution in [3.05, 3.63) is 25.3 Å². The number of β-lactam (4-membered cyclic amide) rings is 1. The lowest BCUT2D eigenvalue weighted by Crippen LogP contribution is -2.53. The predicted molar refractivity (Wildman–Crippen MR) is 55.7 cm³/mol. The molecule has 0 N–H and O–H groups in total. The van der Waals surface area contributed by atoms with Crippen LogP contribution in [0.5, 0.6) is 0 Å². The smallest absolute Gasteiger partial charge is 0.229 e. The maximum Gasteiger partial charge on any atom is 0.229 e. The van der Waals surface area contributed by atoms with Gasteiger partial charge in [-0.2, -0.15) is 0 Å². The van der Waals surface area contributed by atoms with Gasteiger partial charge in [-0.05, 0) is 12.8 Å². The number of allylic oxidation sites excluding steroid dienone is 1. The molecule has 0 aromatic carbocycles. The summed E-state index contributed by atoms with van der Waals surface area (Å²) < 4.78 is 5.53. The Labute approximate surface area is 85.0 Å². The van der Waals surface area contributed by atoms with E-state index in [-0.39, 0.29) is 12.1 Å². The number of rotatable bonds is 7. The molecule has 0 aromatic heterocycles. The normalized spacial score (nSPS) is 20.4. The molecule has 1 aliphatic rings. The first-order valence-electron chi connectivity index (χ1n) is 4.92. The van der Waals surface area contributed by atoms with Gasteiger partial charge in [-0.1, -0.05) is 12.2 Å². The number of nitrogens with zero attached hydrogens (tertiary/aromatic N) is 1. The Balaban J connectivity index is 2.15. The van der Waals surface area contributed by atoms with Gasteiger partial charge in [0.1, 0.15) is 6.23 Å². The van der Waals surface area contributed by atoms with Gasteiger partial charge < -0.3 is 9.64 Å². The third-order valence-electron chi connectivity index (χ3n) is 2.21. The molecule has 1 fully saturated rings. The minimum absolute atomic E-state index is 0.0229. The molecule has 0 aromatic rings. The summed E-state index contributed by atoms with van der Waals surface area (Å²) in [6.45, 7) is 8.51. The van der Waals surface area contributed by atoms with Gasteiger partial charge in [-0.25, -0.2) is 0 Å². The SMILES string of the molecule is C=CCCCOC1CC(=O)N1CC=C. The number of likely N-dealkylation sites (tertiary alicyclic amines) is 1. The van der Waals surface area contributed by atoms with Crippen LogP contribution in [0.25, 0.3) is 0 Å². The molecule has 78 valence electrons. The summed E-state index contributed by atoms with van der Waals surface area (Å²) >= 11 is 0. The number of hydrogen-bond donors (Lipinski definition) is 0. The quantitative estimate of drug-likeness (QED) is 0.351. The van der Waals surface area contributed by atoms with Crippen LogP contribution in [0, 0.1) is 0 Å². The molecule has 0 saturated carbocycles. The molecule has 1 atom stereocenters. The van der Waals surface area contributed by atoms with Gasteiger partial charge in [0, 0.05) is 13.2 Å². The average Bonchev–Trinajstić information content (AvgIpc) is 2.19. The molecule has 0 radical (unpaired) electrons. The van der Waals surface area contributed by atoms with Crippen molar-refractivity contribution >= 4 is 5.91 Å². The van der Waals surface area contributed by atoms with Crippen molar-refractivity contribution in [3.8, 4) is 0 Å². The van der Waals surface area contributed by atoms with Crippen LogP contribution in [0.1, 0.15) is 19.3 Å². The highest BCUT2D eigenvalue weighted by molar-refractivity contribution is 5.82. The number of carbonyl (C=O) groups is 1. The lowest BCUT2D eigenvalue weighted by molar-refractivity contribution is -0.172. The van der Waals surface area contributed by atoms with Crippen molar-refractivity contribution in [2.24, 2.45) is 0 Å². The van der Waals surface area contributed by atoms with Gasteiger partial charge >= 0.3 is 0 Å². The zero-order valence-electron chi connectivity index (χ0n) is 8.45. The molecular formula is C11H17NO2. The van der Waals surface area contributed by atoms with Crippen LogP contribution in [-0.2, 0) is 9.53 Å². The molecule has 0 bridgehead atoms. The molecule has 1 rings (SSSR count). The van der Waals surface area contributed by atoms with E-state index >= 15 is 0 Å². The fourth-order valence-corrected chi connectivity index (χ4v) is 1.38. The molecule has 14 heavy (non-hydrogen) atoms. The number of ether oxygens (including phenoxy) is 1. The fraction of sp³-hybridized carbons (Fsp3) is 0.545. The highest BCUT2D eigenvalue weighted by Gasteiger charge is 2.35. The Morgan fingerprint density at radius 3 is 2.86 bits per heavy atom. The summed E-state index contributed by atoms with van der Waals surface area (Å²) in [7, 11) is 0. The van der Waals surface area contributed by atoms with Crippen molar-refractivity contribution in [1.82, 2.24) is 4.90 Å². The zero-order chi connectivity index (χ0) is 10.4. The van der Waals surface area contributed by atoms with Crippen molar-refractivity contribution in [3.63, 3.8) is 0 Å². The molecule has 3 nitrogen and oxygen atoms in total. The first kappa shape index (κ1) is 11.0. The van der Waals surface area contributed by atoms with Gasteiger partial charge in [0.15, 0.2) is 0 Å². The molecule has 0 aliphatic carbocycles. The zero-order valence-corrected chi connectivity index (χ0v) is 8.45.